The lowest BCUT2D eigenvalue weighted by Crippen LogP contribution is -2.33. The van der Waals surface area contributed by atoms with E-state index in [2.05, 4.69) is 11.4 Å². The van der Waals surface area contributed by atoms with Crippen LogP contribution in [0.3, 0.4) is 0 Å². The van der Waals surface area contributed by atoms with Crippen LogP contribution in [0.2, 0.25) is 0 Å². The van der Waals surface area contributed by atoms with Crippen molar-refractivity contribution < 1.29 is 9.59 Å². The van der Waals surface area contributed by atoms with E-state index >= 15 is 0 Å². The summed E-state index contributed by atoms with van der Waals surface area (Å²) in [6.45, 7) is 4.84. The zero-order chi connectivity index (χ0) is 13.1. The molecule has 0 saturated carbocycles. The van der Waals surface area contributed by atoms with Crippen molar-refractivity contribution in [1.82, 2.24) is 4.90 Å². The SMILES string of the molecule is Cc1cc(C)cc(NC(=O)CN2CCCC2=O)c1. The first-order chi connectivity index (χ1) is 8.54. The van der Waals surface area contributed by atoms with E-state index in [4.69, 9.17) is 0 Å². The second-order valence-electron chi connectivity index (χ2n) is 4.84. The summed E-state index contributed by atoms with van der Waals surface area (Å²) < 4.78 is 0. The molecule has 1 aliphatic heterocycles. The maximum absolute atomic E-state index is 11.8. The number of likely N-dealkylation sites (tertiary alicyclic amines) is 1. The van der Waals surface area contributed by atoms with E-state index in [9.17, 15) is 9.59 Å². The minimum absolute atomic E-state index is 0.0746. The molecule has 0 spiro atoms. The fourth-order valence-electron chi connectivity index (χ4n) is 2.29. The minimum Gasteiger partial charge on any atom is -0.333 e. The van der Waals surface area contributed by atoms with Crippen LogP contribution in [-0.2, 0) is 9.59 Å². The van der Waals surface area contributed by atoms with Gasteiger partial charge in [-0.2, -0.15) is 0 Å². The summed E-state index contributed by atoms with van der Waals surface area (Å²) in [7, 11) is 0. The highest BCUT2D eigenvalue weighted by Gasteiger charge is 2.22. The predicted octanol–water partition coefficient (Wildman–Crippen LogP) is 1.86. The lowest BCUT2D eigenvalue weighted by Gasteiger charge is -2.15. The number of nitrogens with one attached hydrogen (secondary N) is 1. The standard InChI is InChI=1S/C14H18N2O2/c1-10-6-11(2)8-12(7-10)15-13(17)9-16-5-3-4-14(16)18/h6-8H,3-5,9H2,1-2H3,(H,15,17). The molecule has 1 fully saturated rings. The summed E-state index contributed by atoms with van der Waals surface area (Å²) in [6, 6.07) is 5.91. The molecule has 18 heavy (non-hydrogen) atoms. The Morgan fingerprint density at radius 2 is 1.94 bits per heavy atom. The van der Waals surface area contributed by atoms with E-state index in [0.29, 0.717) is 13.0 Å². The van der Waals surface area contributed by atoms with Crippen molar-refractivity contribution >= 4 is 17.5 Å². The Morgan fingerprint density at radius 1 is 1.28 bits per heavy atom. The van der Waals surface area contributed by atoms with Gasteiger partial charge in [0.2, 0.25) is 11.8 Å². The van der Waals surface area contributed by atoms with Crippen LogP contribution in [-0.4, -0.2) is 29.8 Å². The highest BCUT2D eigenvalue weighted by molar-refractivity contribution is 5.95. The molecule has 0 unspecified atom stereocenters. The Bertz CT molecular complexity index is 462. The number of hydrogen-bond acceptors (Lipinski definition) is 2. The van der Waals surface area contributed by atoms with Crippen molar-refractivity contribution in [3.63, 3.8) is 0 Å². The average molecular weight is 246 g/mol. The molecule has 4 nitrogen and oxygen atoms in total. The molecule has 0 aliphatic carbocycles. The van der Waals surface area contributed by atoms with Crippen molar-refractivity contribution in [3.8, 4) is 0 Å². The lowest BCUT2D eigenvalue weighted by molar-refractivity contribution is -0.131. The second kappa shape index (κ2) is 5.21. The number of carbonyl (C=O) groups is 2. The molecule has 0 bridgehead atoms. The summed E-state index contributed by atoms with van der Waals surface area (Å²) in [5.41, 5.74) is 3.02. The third-order valence-corrected chi connectivity index (χ3v) is 3.01. The van der Waals surface area contributed by atoms with E-state index in [1.807, 2.05) is 26.0 Å². The monoisotopic (exact) mass is 246 g/mol. The Morgan fingerprint density at radius 3 is 2.50 bits per heavy atom. The molecule has 1 aromatic rings. The van der Waals surface area contributed by atoms with Crippen LogP contribution in [0.5, 0.6) is 0 Å². The topological polar surface area (TPSA) is 49.4 Å². The molecule has 2 amide bonds. The average Bonchev–Trinajstić information content (AvgIpc) is 2.62. The van der Waals surface area contributed by atoms with Crippen molar-refractivity contribution in [1.29, 1.82) is 0 Å². The maximum Gasteiger partial charge on any atom is 0.243 e. The lowest BCUT2D eigenvalue weighted by atomic mass is 10.1. The largest absolute Gasteiger partial charge is 0.333 e. The summed E-state index contributed by atoms with van der Waals surface area (Å²) >= 11 is 0. The zero-order valence-electron chi connectivity index (χ0n) is 10.8. The van der Waals surface area contributed by atoms with Gasteiger partial charge in [-0.3, -0.25) is 9.59 Å². The molecule has 2 rings (SSSR count). The first kappa shape index (κ1) is 12.6. The van der Waals surface area contributed by atoms with E-state index < -0.39 is 0 Å². The van der Waals surface area contributed by atoms with Crippen molar-refractivity contribution in [3.05, 3.63) is 29.3 Å². The van der Waals surface area contributed by atoms with Crippen LogP contribution in [0.4, 0.5) is 5.69 Å². The molecular weight excluding hydrogens is 228 g/mol. The second-order valence-corrected chi connectivity index (χ2v) is 4.84. The smallest absolute Gasteiger partial charge is 0.243 e. The number of rotatable bonds is 3. The van der Waals surface area contributed by atoms with Crippen LogP contribution in [0.25, 0.3) is 0 Å². The number of nitrogens with zero attached hydrogens (tertiary/aromatic N) is 1. The minimum atomic E-state index is -0.129. The molecule has 4 heteroatoms. The molecule has 1 aromatic carbocycles. The first-order valence-electron chi connectivity index (χ1n) is 6.20. The molecular formula is C14H18N2O2. The number of hydrogen-bond donors (Lipinski definition) is 1. The Hall–Kier alpha value is -1.84. The molecule has 96 valence electrons. The van der Waals surface area contributed by atoms with Crippen molar-refractivity contribution in [2.75, 3.05) is 18.4 Å². The van der Waals surface area contributed by atoms with E-state index in [-0.39, 0.29) is 18.4 Å². The predicted molar refractivity (Wildman–Crippen MR) is 70.4 cm³/mol. The number of aryl methyl sites for hydroxylation is 2. The molecule has 1 N–H and O–H groups in total. The van der Waals surface area contributed by atoms with Gasteiger partial charge in [-0.15, -0.1) is 0 Å². The van der Waals surface area contributed by atoms with Crippen LogP contribution < -0.4 is 5.32 Å². The van der Waals surface area contributed by atoms with Crippen molar-refractivity contribution in [2.45, 2.75) is 26.7 Å². The van der Waals surface area contributed by atoms with Crippen LogP contribution in [0.15, 0.2) is 18.2 Å². The van der Waals surface area contributed by atoms with Gasteiger partial charge < -0.3 is 10.2 Å². The van der Waals surface area contributed by atoms with Gasteiger partial charge in [-0.25, -0.2) is 0 Å². The third kappa shape index (κ3) is 3.09. The number of anilines is 1. The fraction of sp³-hybridized carbons (Fsp3) is 0.429. The summed E-state index contributed by atoms with van der Waals surface area (Å²) in [4.78, 5) is 24.9. The van der Waals surface area contributed by atoms with Gasteiger partial charge in [0.25, 0.3) is 0 Å². The number of carbonyl (C=O) groups excluding carboxylic acids is 2. The van der Waals surface area contributed by atoms with Crippen LogP contribution in [0, 0.1) is 13.8 Å². The number of benzene rings is 1. The third-order valence-electron chi connectivity index (χ3n) is 3.01. The summed E-state index contributed by atoms with van der Waals surface area (Å²) in [6.07, 6.45) is 1.42. The van der Waals surface area contributed by atoms with Gasteiger partial charge in [0.1, 0.15) is 0 Å². The van der Waals surface area contributed by atoms with Crippen LogP contribution >= 0.6 is 0 Å². The summed E-state index contributed by atoms with van der Waals surface area (Å²) in [5.74, 6) is -0.0548. The van der Waals surface area contributed by atoms with Crippen LogP contribution in [0.1, 0.15) is 24.0 Å². The Labute approximate surface area is 107 Å². The van der Waals surface area contributed by atoms with E-state index in [1.165, 1.54) is 0 Å². The number of amides is 2. The van der Waals surface area contributed by atoms with E-state index in [1.54, 1.807) is 4.90 Å². The van der Waals surface area contributed by atoms with E-state index in [0.717, 1.165) is 23.2 Å². The molecule has 1 heterocycles. The highest BCUT2D eigenvalue weighted by Crippen LogP contribution is 2.14. The Kier molecular flexibility index (Phi) is 3.65. The van der Waals surface area contributed by atoms with Gasteiger partial charge in [0.05, 0.1) is 6.54 Å². The molecule has 0 aromatic heterocycles. The Balaban J connectivity index is 1.96. The fourth-order valence-corrected chi connectivity index (χ4v) is 2.29. The zero-order valence-corrected chi connectivity index (χ0v) is 10.8. The molecule has 1 saturated heterocycles. The molecule has 0 radical (unpaired) electrons. The van der Waals surface area contributed by atoms with Gasteiger partial charge in [-0.05, 0) is 43.5 Å². The molecule has 0 atom stereocenters. The highest BCUT2D eigenvalue weighted by atomic mass is 16.2. The normalized spacial score (nSPS) is 15.0. The summed E-state index contributed by atoms with van der Waals surface area (Å²) in [5, 5.41) is 2.84. The molecule has 1 aliphatic rings. The quantitative estimate of drug-likeness (QED) is 0.885. The van der Waals surface area contributed by atoms with Gasteiger partial charge in [-0.1, -0.05) is 6.07 Å². The van der Waals surface area contributed by atoms with Crippen molar-refractivity contribution in [2.24, 2.45) is 0 Å². The van der Waals surface area contributed by atoms with Gasteiger partial charge in [0.15, 0.2) is 0 Å². The first-order valence-corrected chi connectivity index (χ1v) is 6.20. The van der Waals surface area contributed by atoms with Gasteiger partial charge in [0, 0.05) is 18.7 Å². The van der Waals surface area contributed by atoms with Gasteiger partial charge >= 0.3 is 0 Å². The maximum atomic E-state index is 11.8.